The fraction of sp³-hybridized carbons (Fsp3) is 0.118. The Morgan fingerprint density at radius 1 is 0.471 bits per heavy atom. The van der Waals surface area contributed by atoms with Crippen LogP contribution >= 0.6 is 0 Å². The standard InChI is InChI=1S/C34H26/c1-22-9-2-3-10-25(22)32-16-8-15-26(34(32)23-17-18-23)24-19-20-31-29-13-5-4-11-27(29)28-12-6-7-14-30(28)33(31)21-24/h2-16,19-21,23H,17-18H2,1H3. The predicted molar refractivity (Wildman–Crippen MR) is 147 cm³/mol. The van der Waals surface area contributed by atoms with Crippen LogP contribution in [0, 0.1) is 6.92 Å². The fourth-order valence-electron chi connectivity index (χ4n) is 5.81. The Kier molecular flexibility index (Phi) is 4.35. The maximum Gasteiger partial charge on any atom is -0.00928 e. The molecule has 0 heteroatoms. The van der Waals surface area contributed by atoms with Crippen molar-refractivity contribution in [3.05, 3.63) is 120 Å². The number of hydrogen-bond donors (Lipinski definition) is 0. The molecule has 1 fully saturated rings. The lowest BCUT2D eigenvalue weighted by Crippen LogP contribution is -1.94. The Morgan fingerprint density at radius 3 is 1.65 bits per heavy atom. The summed E-state index contributed by atoms with van der Waals surface area (Å²) < 4.78 is 0. The van der Waals surface area contributed by atoms with Crippen LogP contribution in [-0.2, 0) is 0 Å². The van der Waals surface area contributed by atoms with Gasteiger partial charge in [-0.15, -0.1) is 0 Å². The number of rotatable bonds is 3. The van der Waals surface area contributed by atoms with Gasteiger partial charge in [0.15, 0.2) is 0 Å². The molecule has 0 bridgehead atoms. The molecule has 7 rings (SSSR count). The Labute approximate surface area is 200 Å². The highest BCUT2D eigenvalue weighted by atomic mass is 14.3. The summed E-state index contributed by atoms with van der Waals surface area (Å²) in [6.45, 7) is 2.23. The molecular weight excluding hydrogens is 408 g/mol. The van der Waals surface area contributed by atoms with Crippen LogP contribution in [-0.4, -0.2) is 0 Å². The van der Waals surface area contributed by atoms with E-state index in [-0.39, 0.29) is 0 Å². The third kappa shape index (κ3) is 2.99. The third-order valence-corrected chi connectivity index (χ3v) is 7.58. The normalized spacial score (nSPS) is 13.7. The summed E-state index contributed by atoms with van der Waals surface area (Å²) in [6, 6.07) is 40.5. The van der Waals surface area contributed by atoms with Gasteiger partial charge in [0.25, 0.3) is 0 Å². The van der Waals surface area contributed by atoms with Crippen molar-refractivity contribution in [2.75, 3.05) is 0 Å². The maximum atomic E-state index is 2.44. The Hall–Kier alpha value is -3.90. The van der Waals surface area contributed by atoms with E-state index in [1.807, 2.05) is 0 Å². The highest BCUT2D eigenvalue weighted by Gasteiger charge is 2.29. The molecule has 0 nitrogen and oxygen atoms in total. The first-order valence-electron chi connectivity index (χ1n) is 12.3. The van der Waals surface area contributed by atoms with E-state index >= 15 is 0 Å². The van der Waals surface area contributed by atoms with Crippen molar-refractivity contribution in [2.45, 2.75) is 25.7 Å². The molecule has 6 aromatic rings. The van der Waals surface area contributed by atoms with Gasteiger partial charge < -0.3 is 0 Å². The third-order valence-electron chi connectivity index (χ3n) is 7.58. The smallest absolute Gasteiger partial charge is 0.00928 e. The number of benzene rings is 6. The molecule has 0 heterocycles. The van der Waals surface area contributed by atoms with Crippen molar-refractivity contribution in [1.82, 2.24) is 0 Å². The van der Waals surface area contributed by atoms with Crippen molar-refractivity contribution < 1.29 is 0 Å². The lowest BCUT2D eigenvalue weighted by Gasteiger charge is -2.18. The lowest BCUT2D eigenvalue weighted by atomic mass is 9.86. The van der Waals surface area contributed by atoms with Crippen LogP contribution in [0.2, 0.25) is 0 Å². The molecule has 0 aromatic heterocycles. The molecule has 0 amide bonds. The second-order valence-corrected chi connectivity index (χ2v) is 9.71. The zero-order chi connectivity index (χ0) is 22.6. The van der Waals surface area contributed by atoms with Gasteiger partial charge >= 0.3 is 0 Å². The summed E-state index contributed by atoms with van der Waals surface area (Å²) in [6.07, 6.45) is 2.58. The summed E-state index contributed by atoms with van der Waals surface area (Å²) in [5.41, 5.74) is 8.36. The minimum Gasteiger partial charge on any atom is -0.0620 e. The minimum atomic E-state index is 0.662. The van der Waals surface area contributed by atoms with Gasteiger partial charge in [-0.3, -0.25) is 0 Å². The quantitative estimate of drug-likeness (QED) is 0.243. The van der Waals surface area contributed by atoms with E-state index in [2.05, 4.69) is 116 Å². The van der Waals surface area contributed by atoms with E-state index in [1.54, 1.807) is 0 Å². The van der Waals surface area contributed by atoms with Crippen molar-refractivity contribution in [2.24, 2.45) is 0 Å². The second-order valence-electron chi connectivity index (χ2n) is 9.71. The molecule has 0 radical (unpaired) electrons. The van der Waals surface area contributed by atoms with Crippen molar-refractivity contribution in [1.29, 1.82) is 0 Å². The highest BCUT2D eigenvalue weighted by Crippen LogP contribution is 2.49. The average molecular weight is 435 g/mol. The molecule has 0 unspecified atom stereocenters. The average Bonchev–Trinajstić information content (AvgIpc) is 3.74. The van der Waals surface area contributed by atoms with Crippen LogP contribution in [0.4, 0.5) is 0 Å². The van der Waals surface area contributed by atoms with Crippen molar-refractivity contribution in [3.8, 4) is 22.3 Å². The van der Waals surface area contributed by atoms with Gasteiger partial charge in [0.1, 0.15) is 0 Å². The summed E-state index contributed by atoms with van der Waals surface area (Å²) >= 11 is 0. The molecule has 6 aromatic carbocycles. The summed E-state index contributed by atoms with van der Waals surface area (Å²) in [4.78, 5) is 0. The zero-order valence-corrected chi connectivity index (χ0v) is 19.4. The molecule has 0 saturated heterocycles. The molecule has 0 spiro atoms. The highest BCUT2D eigenvalue weighted by molar-refractivity contribution is 6.25. The molecule has 162 valence electrons. The molecule has 0 aliphatic heterocycles. The van der Waals surface area contributed by atoms with Gasteiger partial charge in [0.05, 0.1) is 0 Å². The van der Waals surface area contributed by atoms with Gasteiger partial charge in [-0.05, 0) is 97.4 Å². The molecule has 1 aliphatic rings. The van der Waals surface area contributed by atoms with Gasteiger partial charge in [-0.2, -0.15) is 0 Å². The molecule has 1 aliphatic carbocycles. The van der Waals surface area contributed by atoms with E-state index < -0.39 is 0 Å². The number of aryl methyl sites for hydroxylation is 1. The van der Waals surface area contributed by atoms with Crippen LogP contribution in [0.3, 0.4) is 0 Å². The largest absolute Gasteiger partial charge is 0.0620 e. The summed E-state index contributed by atoms with van der Waals surface area (Å²) in [5.74, 6) is 0.662. The van der Waals surface area contributed by atoms with E-state index in [9.17, 15) is 0 Å². The van der Waals surface area contributed by atoms with Gasteiger partial charge in [-0.25, -0.2) is 0 Å². The molecule has 34 heavy (non-hydrogen) atoms. The van der Waals surface area contributed by atoms with E-state index in [4.69, 9.17) is 0 Å². The van der Waals surface area contributed by atoms with Crippen LogP contribution in [0.15, 0.2) is 109 Å². The topological polar surface area (TPSA) is 0 Å². The number of fused-ring (bicyclic) bond motifs is 6. The van der Waals surface area contributed by atoms with Crippen LogP contribution in [0.1, 0.15) is 29.9 Å². The molecule has 1 saturated carbocycles. The van der Waals surface area contributed by atoms with E-state index in [1.165, 1.54) is 78.5 Å². The van der Waals surface area contributed by atoms with E-state index in [0.29, 0.717) is 5.92 Å². The maximum absolute atomic E-state index is 2.44. The van der Waals surface area contributed by atoms with Gasteiger partial charge in [0, 0.05) is 0 Å². The van der Waals surface area contributed by atoms with Crippen LogP contribution in [0.5, 0.6) is 0 Å². The van der Waals surface area contributed by atoms with Crippen molar-refractivity contribution >= 4 is 32.3 Å². The SMILES string of the molecule is Cc1ccccc1-c1cccc(-c2ccc3c4ccccc4c4ccccc4c3c2)c1C1CC1. The van der Waals surface area contributed by atoms with Crippen LogP contribution < -0.4 is 0 Å². The Morgan fingerprint density at radius 2 is 1.00 bits per heavy atom. The minimum absolute atomic E-state index is 0.662. The lowest BCUT2D eigenvalue weighted by molar-refractivity contribution is 1.13. The Balaban J connectivity index is 1.53. The summed E-state index contributed by atoms with van der Waals surface area (Å²) in [7, 11) is 0. The Bertz CT molecular complexity index is 1680. The fourth-order valence-corrected chi connectivity index (χ4v) is 5.81. The first-order chi connectivity index (χ1) is 16.8. The number of hydrogen-bond acceptors (Lipinski definition) is 0. The van der Waals surface area contributed by atoms with Crippen molar-refractivity contribution in [3.63, 3.8) is 0 Å². The first kappa shape index (κ1) is 19.6. The predicted octanol–water partition coefficient (Wildman–Crippen LogP) is 9.67. The zero-order valence-electron chi connectivity index (χ0n) is 19.4. The summed E-state index contributed by atoms with van der Waals surface area (Å²) in [5, 5.41) is 8.01. The molecule has 0 N–H and O–H groups in total. The second kappa shape index (κ2) is 7.57. The van der Waals surface area contributed by atoms with Gasteiger partial charge in [0.2, 0.25) is 0 Å². The van der Waals surface area contributed by atoms with Gasteiger partial charge in [-0.1, -0.05) is 103 Å². The molecular formula is C34H26. The van der Waals surface area contributed by atoms with E-state index in [0.717, 1.165) is 0 Å². The monoisotopic (exact) mass is 434 g/mol. The molecule has 0 atom stereocenters. The van der Waals surface area contributed by atoms with Crippen LogP contribution in [0.25, 0.3) is 54.6 Å². The first-order valence-corrected chi connectivity index (χ1v) is 12.3.